The Kier molecular flexibility index (Phi) is 11.6. The number of rotatable bonds is 11. The Morgan fingerprint density at radius 1 is 0.231 bits per heavy atom. The highest BCUT2D eigenvalue weighted by atomic mass is 15.1. The van der Waals surface area contributed by atoms with Gasteiger partial charge in [-0.3, -0.25) is 0 Å². The van der Waals surface area contributed by atoms with Crippen molar-refractivity contribution >= 4 is 77.7 Å². The molecule has 0 aliphatic carbocycles. The minimum absolute atomic E-state index is 1.12. The molecular weight excluding hydrogens is 945 g/mol. The highest BCUT2D eigenvalue weighted by molar-refractivity contribution is 6.12. The zero-order valence-electron chi connectivity index (χ0n) is 43.5. The van der Waals surface area contributed by atoms with Crippen LogP contribution in [0.25, 0.3) is 88.4 Å². The zero-order valence-corrected chi connectivity index (χ0v) is 43.5. The molecule has 0 radical (unpaired) electrons. The fourth-order valence-electron chi connectivity index (χ4n) is 11.9. The third-order valence-corrected chi connectivity index (χ3v) is 15.5. The van der Waals surface area contributed by atoms with E-state index in [2.05, 4.69) is 324 Å². The van der Waals surface area contributed by atoms with Gasteiger partial charge in [-0.05, 0) is 180 Å². The molecule has 0 unspecified atom stereocenters. The second kappa shape index (κ2) is 19.5. The molecule has 0 saturated heterocycles. The fourth-order valence-corrected chi connectivity index (χ4v) is 11.9. The van der Waals surface area contributed by atoms with Gasteiger partial charge in [0.05, 0.1) is 22.1 Å². The molecule has 0 aliphatic heterocycles. The maximum absolute atomic E-state index is 2.40. The molecular formula is C74H54N4. The maximum atomic E-state index is 2.40. The molecule has 0 fully saturated rings. The summed E-state index contributed by atoms with van der Waals surface area (Å²) in [5.41, 5.74) is 23.5. The molecule has 0 atom stereocenters. The first-order chi connectivity index (χ1) is 38.5. The van der Waals surface area contributed by atoms with Crippen LogP contribution in [0.5, 0.6) is 0 Å². The summed E-state index contributed by atoms with van der Waals surface area (Å²) in [5, 5.41) is 4.90. The molecule has 370 valence electrons. The summed E-state index contributed by atoms with van der Waals surface area (Å²) in [4.78, 5) is 4.66. The summed E-state index contributed by atoms with van der Waals surface area (Å²) in [7, 11) is 0. The van der Waals surface area contributed by atoms with Gasteiger partial charge >= 0.3 is 0 Å². The van der Waals surface area contributed by atoms with Gasteiger partial charge in [0.1, 0.15) is 0 Å². The number of aryl methyl sites for hydroxylation is 2. The minimum Gasteiger partial charge on any atom is -0.310 e. The Labute approximate surface area is 455 Å². The largest absolute Gasteiger partial charge is 0.310 e. The van der Waals surface area contributed by atoms with Crippen LogP contribution in [-0.4, -0.2) is 9.13 Å². The van der Waals surface area contributed by atoms with Crippen LogP contribution in [0.3, 0.4) is 0 Å². The zero-order chi connectivity index (χ0) is 52.1. The number of hydrogen-bond donors (Lipinski definition) is 0. The van der Waals surface area contributed by atoms with Crippen molar-refractivity contribution in [3.63, 3.8) is 0 Å². The van der Waals surface area contributed by atoms with E-state index in [1.54, 1.807) is 0 Å². The first-order valence-corrected chi connectivity index (χ1v) is 26.8. The lowest BCUT2D eigenvalue weighted by Gasteiger charge is -2.25. The van der Waals surface area contributed by atoms with Crippen molar-refractivity contribution in [2.45, 2.75) is 13.8 Å². The summed E-state index contributed by atoms with van der Waals surface area (Å²) in [6, 6.07) is 106. The summed E-state index contributed by atoms with van der Waals surface area (Å²) < 4.78 is 4.80. The van der Waals surface area contributed by atoms with Crippen LogP contribution in [0.1, 0.15) is 11.1 Å². The van der Waals surface area contributed by atoms with Crippen LogP contribution >= 0.6 is 0 Å². The van der Waals surface area contributed by atoms with Crippen molar-refractivity contribution < 1.29 is 0 Å². The van der Waals surface area contributed by atoms with Crippen LogP contribution in [0.4, 0.5) is 34.1 Å². The molecule has 4 heteroatoms. The standard InChI is InChI=1S/C74H54N4/c1-51-47-55(53-31-37-61(38-32-53)77-71-29-17-15-27-67(71)69-49-63(41-45-73(69)77)75(57-19-7-3-8-20-57)58-21-9-4-10-22-58)35-43-65(51)66-44-36-56(48-52(66)2)54-33-39-62(40-34-54)78-72-30-18-16-28-68(72)70-50-64(42-46-74(70)78)76(59-23-11-5-12-24-59)60-25-13-6-14-26-60/h3-50H,1-2H3. The van der Waals surface area contributed by atoms with Gasteiger partial charge in [0.25, 0.3) is 0 Å². The van der Waals surface area contributed by atoms with Gasteiger partial charge in [-0.2, -0.15) is 0 Å². The van der Waals surface area contributed by atoms with Gasteiger partial charge in [0, 0.05) is 67.0 Å². The number of para-hydroxylation sites is 6. The van der Waals surface area contributed by atoms with E-state index in [9.17, 15) is 0 Å². The molecule has 0 N–H and O–H groups in total. The highest BCUT2D eigenvalue weighted by Gasteiger charge is 2.20. The minimum atomic E-state index is 1.12. The van der Waals surface area contributed by atoms with E-state index in [0.29, 0.717) is 0 Å². The Morgan fingerprint density at radius 2 is 0.538 bits per heavy atom. The number of fused-ring (bicyclic) bond motifs is 6. The van der Waals surface area contributed by atoms with Crippen molar-refractivity contribution in [3.05, 3.63) is 302 Å². The van der Waals surface area contributed by atoms with E-state index in [-0.39, 0.29) is 0 Å². The van der Waals surface area contributed by atoms with Gasteiger partial charge in [-0.1, -0.05) is 170 Å². The Hall–Kier alpha value is -10.2. The molecule has 0 bridgehead atoms. The Balaban J connectivity index is 0.728. The SMILES string of the molecule is Cc1cc(-c2ccc(-n3c4ccccc4c4cc(N(c5ccccc5)c5ccccc5)ccc43)cc2)ccc1-c1ccc(-c2ccc(-n3c4ccccc4c4cc(N(c5ccccc5)c5ccccc5)ccc43)cc2)cc1C. The quantitative estimate of drug-likeness (QED) is 0.128. The molecule has 2 heterocycles. The van der Waals surface area contributed by atoms with Crippen molar-refractivity contribution in [2.24, 2.45) is 0 Å². The summed E-state index contributed by atoms with van der Waals surface area (Å²) in [6.07, 6.45) is 0. The lowest BCUT2D eigenvalue weighted by atomic mass is 9.91. The molecule has 12 aromatic carbocycles. The van der Waals surface area contributed by atoms with Crippen LogP contribution in [0, 0.1) is 13.8 Å². The molecule has 4 nitrogen and oxygen atoms in total. The number of benzene rings is 12. The topological polar surface area (TPSA) is 16.3 Å². The van der Waals surface area contributed by atoms with E-state index < -0.39 is 0 Å². The lowest BCUT2D eigenvalue weighted by molar-refractivity contribution is 1.18. The fraction of sp³-hybridized carbons (Fsp3) is 0.0270. The van der Waals surface area contributed by atoms with Crippen LogP contribution in [0.2, 0.25) is 0 Å². The average molecular weight is 999 g/mol. The molecule has 78 heavy (non-hydrogen) atoms. The van der Waals surface area contributed by atoms with Gasteiger partial charge in [0.2, 0.25) is 0 Å². The number of anilines is 6. The molecule has 14 rings (SSSR count). The van der Waals surface area contributed by atoms with E-state index >= 15 is 0 Å². The monoisotopic (exact) mass is 998 g/mol. The predicted molar refractivity (Wildman–Crippen MR) is 330 cm³/mol. The average Bonchev–Trinajstić information content (AvgIpc) is 4.08. The smallest absolute Gasteiger partial charge is 0.0542 e. The predicted octanol–water partition coefficient (Wildman–Crippen LogP) is 20.4. The van der Waals surface area contributed by atoms with E-state index in [1.165, 1.54) is 88.1 Å². The Morgan fingerprint density at radius 3 is 0.885 bits per heavy atom. The Bertz CT molecular complexity index is 4110. The third-order valence-electron chi connectivity index (χ3n) is 15.5. The van der Waals surface area contributed by atoms with Crippen molar-refractivity contribution in [2.75, 3.05) is 9.80 Å². The number of hydrogen-bond acceptors (Lipinski definition) is 2. The number of aromatic nitrogens is 2. The van der Waals surface area contributed by atoms with Crippen LogP contribution in [0.15, 0.2) is 291 Å². The van der Waals surface area contributed by atoms with Gasteiger partial charge in [0.15, 0.2) is 0 Å². The van der Waals surface area contributed by atoms with Crippen molar-refractivity contribution in [1.29, 1.82) is 0 Å². The summed E-state index contributed by atoms with van der Waals surface area (Å²) in [5.74, 6) is 0. The molecule has 0 saturated carbocycles. The molecule has 14 aromatic rings. The van der Waals surface area contributed by atoms with E-state index in [4.69, 9.17) is 0 Å². The lowest BCUT2D eigenvalue weighted by Crippen LogP contribution is -2.09. The second-order valence-electron chi connectivity index (χ2n) is 20.3. The number of nitrogens with zero attached hydrogens (tertiary/aromatic N) is 4. The third kappa shape index (κ3) is 8.19. The van der Waals surface area contributed by atoms with Crippen molar-refractivity contribution in [3.8, 4) is 44.8 Å². The first kappa shape index (κ1) is 46.4. The second-order valence-corrected chi connectivity index (χ2v) is 20.3. The van der Waals surface area contributed by atoms with Gasteiger partial charge in [-0.25, -0.2) is 0 Å². The van der Waals surface area contributed by atoms with Crippen molar-refractivity contribution in [1.82, 2.24) is 9.13 Å². The first-order valence-electron chi connectivity index (χ1n) is 26.8. The molecule has 2 aromatic heterocycles. The van der Waals surface area contributed by atoms with Crippen LogP contribution in [-0.2, 0) is 0 Å². The summed E-state index contributed by atoms with van der Waals surface area (Å²) in [6.45, 7) is 4.47. The van der Waals surface area contributed by atoms with Crippen LogP contribution < -0.4 is 9.80 Å². The van der Waals surface area contributed by atoms with E-state index in [1.807, 2.05) is 0 Å². The molecule has 0 aliphatic rings. The maximum Gasteiger partial charge on any atom is 0.0542 e. The van der Waals surface area contributed by atoms with Gasteiger partial charge in [-0.15, -0.1) is 0 Å². The molecule has 0 spiro atoms. The summed E-state index contributed by atoms with van der Waals surface area (Å²) >= 11 is 0. The van der Waals surface area contributed by atoms with Gasteiger partial charge < -0.3 is 18.9 Å². The van der Waals surface area contributed by atoms with E-state index in [0.717, 1.165) is 45.5 Å². The normalized spacial score (nSPS) is 11.5. The highest BCUT2D eigenvalue weighted by Crippen LogP contribution is 2.43. The molecule has 0 amide bonds.